The SMILES string of the molecule is COC(=O)c1scc(C)c1S(=O)(=O)NC1(C(F)(F)F)CC1. The fourth-order valence-corrected chi connectivity index (χ4v) is 5.03. The minimum absolute atomic E-state index is 0.200. The third-order valence-corrected chi connectivity index (χ3v) is 6.11. The molecule has 1 heterocycles. The number of halogens is 3. The Morgan fingerprint density at radius 3 is 2.43 bits per heavy atom. The second-order valence-electron chi connectivity index (χ2n) is 4.75. The fourth-order valence-electron chi connectivity index (χ4n) is 1.88. The first-order chi connectivity index (χ1) is 9.54. The molecule has 0 radical (unpaired) electrons. The number of carbonyl (C=O) groups excluding carboxylic acids is 1. The van der Waals surface area contributed by atoms with E-state index >= 15 is 0 Å². The topological polar surface area (TPSA) is 72.5 Å². The van der Waals surface area contributed by atoms with Gasteiger partial charge in [-0.3, -0.25) is 0 Å². The van der Waals surface area contributed by atoms with Crippen molar-refractivity contribution in [3.8, 4) is 0 Å². The van der Waals surface area contributed by atoms with Crippen molar-refractivity contribution >= 4 is 27.3 Å². The van der Waals surface area contributed by atoms with Crippen molar-refractivity contribution in [2.75, 3.05) is 7.11 Å². The molecule has 1 fully saturated rings. The number of hydrogen-bond donors (Lipinski definition) is 1. The zero-order chi connectivity index (χ0) is 16.1. The van der Waals surface area contributed by atoms with E-state index in [9.17, 15) is 26.4 Å². The standard InChI is InChI=1S/C11H12F3NO4S2/c1-6-5-20-7(9(16)19-2)8(6)21(17,18)15-10(3-4-10)11(12,13)14/h5,15H,3-4H2,1-2H3. The molecule has 1 N–H and O–H groups in total. The number of thiophene rings is 1. The minimum atomic E-state index is -4.67. The average Bonchev–Trinajstić information content (AvgIpc) is 3.02. The van der Waals surface area contributed by atoms with Crippen molar-refractivity contribution < 1.29 is 31.1 Å². The number of alkyl halides is 3. The quantitative estimate of drug-likeness (QED) is 0.851. The van der Waals surface area contributed by atoms with Crippen molar-refractivity contribution in [2.24, 2.45) is 0 Å². The first kappa shape index (κ1) is 16.2. The minimum Gasteiger partial charge on any atom is -0.465 e. The van der Waals surface area contributed by atoms with Gasteiger partial charge in [-0.1, -0.05) is 0 Å². The van der Waals surface area contributed by atoms with Gasteiger partial charge in [-0.05, 0) is 30.7 Å². The molecule has 1 aromatic rings. The van der Waals surface area contributed by atoms with Crippen LogP contribution in [0.3, 0.4) is 0 Å². The molecule has 1 aromatic heterocycles. The molecule has 2 rings (SSSR count). The van der Waals surface area contributed by atoms with Gasteiger partial charge in [-0.25, -0.2) is 13.2 Å². The number of methoxy groups -OCH3 is 1. The lowest BCUT2D eigenvalue weighted by atomic mass is 10.3. The summed E-state index contributed by atoms with van der Waals surface area (Å²) in [6, 6.07) is 0. The molecule has 0 bridgehead atoms. The Hall–Kier alpha value is -1.13. The Morgan fingerprint density at radius 1 is 1.43 bits per heavy atom. The first-order valence-corrected chi connectivity index (χ1v) is 8.17. The molecule has 1 aliphatic carbocycles. The highest BCUT2D eigenvalue weighted by Crippen LogP contribution is 2.50. The van der Waals surface area contributed by atoms with Crippen LogP contribution in [0.4, 0.5) is 13.2 Å². The van der Waals surface area contributed by atoms with Gasteiger partial charge in [0.05, 0.1) is 7.11 Å². The molecule has 0 atom stereocenters. The van der Waals surface area contributed by atoms with E-state index in [1.807, 2.05) is 0 Å². The van der Waals surface area contributed by atoms with Crippen molar-refractivity contribution in [3.63, 3.8) is 0 Å². The Balaban J connectivity index is 2.42. The number of esters is 1. The predicted octanol–water partition coefficient (Wildman–Crippen LogP) is 2.22. The molecule has 21 heavy (non-hydrogen) atoms. The molecule has 5 nitrogen and oxygen atoms in total. The molecule has 0 aliphatic heterocycles. The molecule has 10 heteroatoms. The van der Waals surface area contributed by atoms with Gasteiger partial charge in [0.25, 0.3) is 0 Å². The van der Waals surface area contributed by atoms with Crippen LogP contribution in [0.2, 0.25) is 0 Å². The average molecular weight is 343 g/mol. The number of rotatable bonds is 4. The molecule has 0 saturated heterocycles. The van der Waals surface area contributed by atoms with Gasteiger partial charge in [0.1, 0.15) is 15.3 Å². The van der Waals surface area contributed by atoms with E-state index in [-0.39, 0.29) is 23.3 Å². The summed E-state index contributed by atoms with van der Waals surface area (Å²) in [5, 5.41) is 1.38. The summed E-state index contributed by atoms with van der Waals surface area (Å²) in [6.07, 6.45) is -5.30. The number of ether oxygens (including phenoxy) is 1. The molecule has 0 amide bonds. The summed E-state index contributed by atoms with van der Waals surface area (Å²) in [4.78, 5) is 10.9. The van der Waals surface area contributed by atoms with Crippen LogP contribution in [0, 0.1) is 6.92 Å². The first-order valence-electron chi connectivity index (χ1n) is 5.81. The lowest BCUT2D eigenvalue weighted by Gasteiger charge is -2.20. The van der Waals surface area contributed by atoms with E-state index in [1.54, 1.807) is 4.72 Å². The summed E-state index contributed by atoms with van der Waals surface area (Å²) < 4.78 is 69.3. The molecular formula is C11H12F3NO4S2. The molecule has 0 aromatic carbocycles. The van der Waals surface area contributed by atoms with E-state index in [2.05, 4.69) is 4.74 Å². The third-order valence-electron chi connectivity index (χ3n) is 3.18. The Bertz CT molecular complexity index is 674. The summed E-state index contributed by atoms with van der Waals surface area (Å²) in [7, 11) is -3.40. The number of hydrogen-bond acceptors (Lipinski definition) is 5. The summed E-state index contributed by atoms with van der Waals surface area (Å²) >= 11 is 0.815. The Kier molecular flexibility index (Phi) is 3.83. The van der Waals surface area contributed by atoms with Gasteiger partial charge in [0, 0.05) is 0 Å². The van der Waals surface area contributed by atoms with Crippen LogP contribution in [0.15, 0.2) is 10.3 Å². The zero-order valence-corrected chi connectivity index (χ0v) is 12.7. The highest BCUT2D eigenvalue weighted by Gasteiger charge is 2.65. The second-order valence-corrected chi connectivity index (χ2v) is 7.25. The van der Waals surface area contributed by atoms with Crippen LogP contribution in [0.5, 0.6) is 0 Å². The van der Waals surface area contributed by atoms with Crippen molar-refractivity contribution in [2.45, 2.75) is 36.4 Å². The normalized spacial score (nSPS) is 17.6. The van der Waals surface area contributed by atoms with E-state index < -0.39 is 32.6 Å². The van der Waals surface area contributed by atoms with Gasteiger partial charge in [0.15, 0.2) is 0 Å². The van der Waals surface area contributed by atoms with Crippen molar-refractivity contribution in [1.29, 1.82) is 0 Å². The third kappa shape index (κ3) is 2.79. The van der Waals surface area contributed by atoms with Gasteiger partial charge in [0.2, 0.25) is 10.0 Å². The van der Waals surface area contributed by atoms with E-state index in [1.165, 1.54) is 12.3 Å². The zero-order valence-electron chi connectivity index (χ0n) is 11.1. The number of aryl methyl sites for hydroxylation is 1. The Morgan fingerprint density at radius 2 is 2.00 bits per heavy atom. The predicted molar refractivity (Wildman–Crippen MR) is 68.7 cm³/mol. The monoisotopic (exact) mass is 343 g/mol. The highest BCUT2D eigenvalue weighted by atomic mass is 32.2. The van der Waals surface area contributed by atoms with Crippen LogP contribution in [-0.4, -0.2) is 33.2 Å². The molecular weight excluding hydrogens is 331 g/mol. The number of nitrogens with one attached hydrogen (secondary N) is 1. The van der Waals surface area contributed by atoms with Crippen molar-refractivity contribution in [1.82, 2.24) is 4.72 Å². The van der Waals surface area contributed by atoms with Crippen molar-refractivity contribution in [3.05, 3.63) is 15.8 Å². The fraction of sp³-hybridized carbons (Fsp3) is 0.545. The van der Waals surface area contributed by atoms with Gasteiger partial charge in [-0.15, -0.1) is 11.3 Å². The van der Waals surface area contributed by atoms with Crippen LogP contribution in [0.25, 0.3) is 0 Å². The maximum Gasteiger partial charge on any atom is 0.407 e. The molecule has 0 spiro atoms. The van der Waals surface area contributed by atoms with Gasteiger partial charge >= 0.3 is 12.1 Å². The maximum absolute atomic E-state index is 12.9. The van der Waals surface area contributed by atoms with E-state index in [4.69, 9.17) is 0 Å². The molecule has 118 valence electrons. The van der Waals surface area contributed by atoms with Crippen LogP contribution in [-0.2, 0) is 14.8 Å². The highest BCUT2D eigenvalue weighted by molar-refractivity contribution is 7.89. The number of sulfonamides is 1. The lowest BCUT2D eigenvalue weighted by Crippen LogP contribution is -2.48. The smallest absolute Gasteiger partial charge is 0.407 e. The van der Waals surface area contributed by atoms with E-state index in [0.717, 1.165) is 18.4 Å². The second kappa shape index (κ2) is 4.96. The molecule has 0 unspecified atom stereocenters. The molecule has 1 saturated carbocycles. The van der Waals surface area contributed by atoms with Gasteiger partial charge < -0.3 is 4.74 Å². The lowest BCUT2D eigenvalue weighted by molar-refractivity contribution is -0.160. The van der Waals surface area contributed by atoms with Gasteiger partial charge in [-0.2, -0.15) is 17.9 Å². The van der Waals surface area contributed by atoms with Crippen LogP contribution < -0.4 is 4.72 Å². The van der Waals surface area contributed by atoms with Crippen LogP contribution in [0.1, 0.15) is 28.1 Å². The van der Waals surface area contributed by atoms with Crippen LogP contribution >= 0.6 is 11.3 Å². The van der Waals surface area contributed by atoms with E-state index in [0.29, 0.717) is 0 Å². The largest absolute Gasteiger partial charge is 0.465 e. The summed E-state index contributed by atoms with van der Waals surface area (Å²) in [6.45, 7) is 1.41. The maximum atomic E-state index is 12.9. The number of carbonyl (C=O) groups is 1. The Labute approximate surface area is 123 Å². The molecule has 1 aliphatic rings. The summed E-state index contributed by atoms with van der Waals surface area (Å²) in [5.74, 6) is -0.898. The summed E-state index contributed by atoms with van der Waals surface area (Å²) in [5.41, 5.74) is -2.22.